The van der Waals surface area contributed by atoms with Gasteiger partial charge in [-0.1, -0.05) is 18.2 Å². The van der Waals surface area contributed by atoms with Crippen LogP contribution in [0.25, 0.3) is 0 Å². The molecular weight excluding hydrogens is 162 g/mol. The highest BCUT2D eigenvalue weighted by Crippen LogP contribution is 2.15. The first kappa shape index (κ1) is 9.78. The molecule has 0 aliphatic heterocycles. The standard InChI is InChI=1S/C11H15NO/c1-9(2)12(10(3)13)11-7-5-4-6-8-11/h4-9H,1-3H3. The summed E-state index contributed by atoms with van der Waals surface area (Å²) in [5, 5.41) is 0. The van der Waals surface area contributed by atoms with Crippen LogP contribution in [-0.2, 0) is 4.79 Å². The van der Waals surface area contributed by atoms with Crippen LogP contribution in [0, 0.1) is 0 Å². The highest BCUT2D eigenvalue weighted by molar-refractivity contribution is 5.91. The number of carbonyl (C=O) groups is 1. The fraction of sp³-hybridized carbons (Fsp3) is 0.364. The van der Waals surface area contributed by atoms with E-state index >= 15 is 0 Å². The van der Waals surface area contributed by atoms with E-state index in [9.17, 15) is 4.79 Å². The molecule has 0 bridgehead atoms. The Balaban J connectivity index is 2.96. The Bertz CT molecular complexity index is 279. The third-order valence-electron chi connectivity index (χ3n) is 1.89. The van der Waals surface area contributed by atoms with E-state index in [-0.39, 0.29) is 11.9 Å². The van der Waals surface area contributed by atoms with Crippen molar-refractivity contribution < 1.29 is 4.79 Å². The molecule has 0 spiro atoms. The molecule has 13 heavy (non-hydrogen) atoms. The molecule has 0 saturated heterocycles. The number of para-hydroxylation sites is 1. The average Bonchev–Trinajstić information content (AvgIpc) is 2.04. The van der Waals surface area contributed by atoms with Gasteiger partial charge in [-0.2, -0.15) is 0 Å². The third kappa shape index (κ3) is 2.31. The molecule has 1 aromatic rings. The number of hydrogen-bond donors (Lipinski definition) is 0. The number of hydrogen-bond acceptors (Lipinski definition) is 1. The number of rotatable bonds is 2. The minimum atomic E-state index is 0.0844. The normalized spacial score (nSPS) is 10.2. The number of anilines is 1. The summed E-state index contributed by atoms with van der Waals surface area (Å²) in [4.78, 5) is 13.1. The van der Waals surface area contributed by atoms with Gasteiger partial charge in [-0.15, -0.1) is 0 Å². The van der Waals surface area contributed by atoms with Gasteiger partial charge >= 0.3 is 0 Å². The fourth-order valence-electron chi connectivity index (χ4n) is 1.43. The van der Waals surface area contributed by atoms with Crippen LogP contribution in [0.2, 0.25) is 0 Å². The predicted molar refractivity (Wildman–Crippen MR) is 54.7 cm³/mol. The van der Waals surface area contributed by atoms with Gasteiger partial charge in [-0.3, -0.25) is 4.79 Å². The molecule has 0 saturated carbocycles. The Morgan fingerprint density at radius 3 is 2.15 bits per heavy atom. The maximum Gasteiger partial charge on any atom is 0.224 e. The van der Waals surface area contributed by atoms with Crippen LogP contribution in [0.5, 0.6) is 0 Å². The lowest BCUT2D eigenvalue weighted by Gasteiger charge is -2.25. The largest absolute Gasteiger partial charge is 0.310 e. The van der Waals surface area contributed by atoms with Crippen LogP contribution in [0.3, 0.4) is 0 Å². The maximum atomic E-state index is 11.3. The van der Waals surface area contributed by atoms with Gasteiger partial charge in [0.15, 0.2) is 0 Å². The van der Waals surface area contributed by atoms with Crippen LogP contribution in [0.1, 0.15) is 20.8 Å². The quantitative estimate of drug-likeness (QED) is 0.679. The predicted octanol–water partition coefficient (Wildman–Crippen LogP) is 2.45. The summed E-state index contributed by atoms with van der Waals surface area (Å²) in [5.41, 5.74) is 0.963. The van der Waals surface area contributed by atoms with Crippen LogP contribution < -0.4 is 4.90 Å². The van der Waals surface area contributed by atoms with E-state index in [0.717, 1.165) is 5.69 Å². The van der Waals surface area contributed by atoms with Gasteiger partial charge in [0.1, 0.15) is 0 Å². The molecule has 0 aromatic heterocycles. The molecule has 0 radical (unpaired) electrons. The van der Waals surface area contributed by atoms with E-state index in [1.165, 1.54) is 0 Å². The summed E-state index contributed by atoms with van der Waals surface area (Å²) in [7, 11) is 0. The van der Waals surface area contributed by atoms with Crippen molar-refractivity contribution in [3.8, 4) is 0 Å². The molecule has 0 heterocycles. The lowest BCUT2D eigenvalue weighted by molar-refractivity contribution is -0.116. The first-order valence-electron chi connectivity index (χ1n) is 4.47. The molecule has 0 atom stereocenters. The van der Waals surface area contributed by atoms with E-state index in [1.54, 1.807) is 11.8 Å². The maximum absolute atomic E-state index is 11.3. The van der Waals surface area contributed by atoms with Crippen molar-refractivity contribution in [1.29, 1.82) is 0 Å². The van der Waals surface area contributed by atoms with Crippen molar-refractivity contribution in [3.05, 3.63) is 30.3 Å². The zero-order valence-corrected chi connectivity index (χ0v) is 8.32. The summed E-state index contributed by atoms with van der Waals surface area (Å²) >= 11 is 0. The van der Waals surface area contributed by atoms with E-state index < -0.39 is 0 Å². The molecule has 2 heteroatoms. The second-order valence-electron chi connectivity index (χ2n) is 3.32. The summed E-state index contributed by atoms with van der Waals surface area (Å²) < 4.78 is 0. The lowest BCUT2D eigenvalue weighted by Crippen LogP contribution is -2.34. The van der Waals surface area contributed by atoms with Gasteiger partial charge in [-0.05, 0) is 26.0 Å². The molecule has 0 N–H and O–H groups in total. The SMILES string of the molecule is CC(=O)N(c1ccccc1)C(C)C. The minimum Gasteiger partial charge on any atom is -0.310 e. The molecule has 0 aliphatic rings. The van der Waals surface area contributed by atoms with E-state index in [1.807, 2.05) is 44.2 Å². The molecule has 1 aromatic carbocycles. The summed E-state index contributed by atoms with van der Waals surface area (Å²) in [5.74, 6) is 0.0844. The zero-order chi connectivity index (χ0) is 9.84. The molecule has 1 amide bonds. The van der Waals surface area contributed by atoms with Gasteiger partial charge in [0.2, 0.25) is 5.91 Å². The second-order valence-corrected chi connectivity index (χ2v) is 3.32. The Morgan fingerprint density at radius 1 is 1.23 bits per heavy atom. The molecule has 0 unspecified atom stereocenters. The second kappa shape index (κ2) is 4.08. The van der Waals surface area contributed by atoms with Gasteiger partial charge < -0.3 is 4.90 Å². The first-order chi connectivity index (χ1) is 6.13. The van der Waals surface area contributed by atoms with Gasteiger partial charge in [0, 0.05) is 18.7 Å². The minimum absolute atomic E-state index is 0.0844. The monoisotopic (exact) mass is 177 g/mol. The van der Waals surface area contributed by atoms with Gasteiger partial charge in [-0.25, -0.2) is 0 Å². The molecule has 1 rings (SSSR count). The van der Waals surface area contributed by atoms with Crippen LogP contribution in [0.4, 0.5) is 5.69 Å². The van der Waals surface area contributed by atoms with Gasteiger partial charge in [0.25, 0.3) is 0 Å². The Hall–Kier alpha value is -1.31. The highest BCUT2D eigenvalue weighted by atomic mass is 16.2. The van der Waals surface area contributed by atoms with Crippen LogP contribution in [-0.4, -0.2) is 11.9 Å². The van der Waals surface area contributed by atoms with Crippen LogP contribution >= 0.6 is 0 Å². The number of carbonyl (C=O) groups excluding carboxylic acids is 1. The molecular formula is C11H15NO. The van der Waals surface area contributed by atoms with E-state index in [0.29, 0.717) is 0 Å². The van der Waals surface area contributed by atoms with Crippen molar-refractivity contribution in [1.82, 2.24) is 0 Å². The third-order valence-corrected chi connectivity index (χ3v) is 1.89. The number of nitrogens with zero attached hydrogens (tertiary/aromatic N) is 1. The Morgan fingerprint density at radius 2 is 1.77 bits per heavy atom. The smallest absolute Gasteiger partial charge is 0.224 e. The Kier molecular flexibility index (Phi) is 3.07. The average molecular weight is 177 g/mol. The van der Waals surface area contributed by atoms with Crippen molar-refractivity contribution in [3.63, 3.8) is 0 Å². The Labute approximate surface area is 79.2 Å². The van der Waals surface area contributed by atoms with Crippen molar-refractivity contribution in [2.45, 2.75) is 26.8 Å². The number of benzene rings is 1. The van der Waals surface area contributed by atoms with E-state index in [2.05, 4.69) is 0 Å². The van der Waals surface area contributed by atoms with Gasteiger partial charge in [0.05, 0.1) is 0 Å². The molecule has 2 nitrogen and oxygen atoms in total. The summed E-state index contributed by atoms with van der Waals surface area (Å²) in [6.45, 7) is 5.61. The van der Waals surface area contributed by atoms with Crippen molar-refractivity contribution >= 4 is 11.6 Å². The van der Waals surface area contributed by atoms with Crippen molar-refractivity contribution in [2.75, 3.05) is 4.90 Å². The highest BCUT2D eigenvalue weighted by Gasteiger charge is 2.13. The summed E-state index contributed by atoms with van der Waals surface area (Å²) in [6, 6.07) is 9.92. The first-order valence-corrected chi connectivity index (χ1v) is 4.47. The van der Waals surface area contributed by atoms with Crippen molar-refractivity contribution in [2.24, 2.45) is 0 Å². The zero-order valence-electron chi connectivity index (χ0n) is 8.32. The molecule has 0 aliphatic carbocycles. The van der Waals surface area contributed by atoms with E-state index in [4.69, 9.17) is 0 Å². The summed E-state index contributed by atoms with van der Waals surface area (Å²) in [6.07, 6.45) is 0. The van der Waals surface area contributed by atoms with Crippen LogP contribution in [0.15, 0.2) is 30.3 Å². The molecule has 0 fully saturated rings. The fourth-order valence-corrected chi connectivity index (χ4v) is 1.43. The lowest BCUT2D eigenvalue weighted by atomic mass is 10.2. The molecule has 70 valence electrons. The number of amides is 1. The topological polar surface area (TPSA) is 20.3 Å².